The molecule has 0 aromatic heterocycles. The van der Waals surface area contributed by atoms with Gasteiger partial charge in [0.15, 0.2) is 0 Å². The van der Waals surface area contributed by atoms with E-state index in [-0.39, 0.29) is 36.8 Å². The van der Waals surface area contributed by atoms with E-state index in [1.54, 1.807) is 0 Å². The van der Waals surface area contributed by atoms with Crippen molar-refractivity contribution < 1.29 is 19.1 Å². The predicted octanol–water partition coefficient (Wildman–Crippen LogP) is 2.75. The molecular weight excluding hydrogens is 358 g/mol. The molecule has 1 rings (SSSR count). The van der Waals surface area contributed by atoms with Gasteiger partial charge in [-0.15, -0.1) is 0 Å². The van der Waals surface area contributed by atoms with Crippen LogP contribution < -0.4 is 16.0 Å². The van der Waals surface area contributed by atoms with Gasteiger partial charge in [-0.25, -0.2) is 4.79 Å². The summed E-state index contributed by atoms with van der Waals surface area (Å²) in [5, 5.41) is 8.22. The molecule has 0 bridgehead atoms. The van der Waals surface area contributed by atoms with Gasteiger partial charge in [-0.3, -0.25) is 9.59 Å². The van der Waals surface area contributed by atoms with Crippen LogP contribution in [0.1, 0.15) is 52.5 Å². The molecule has 0 spiro atoms. The summed E-state index contributed by atoms with van der Waals surface area (Å²) in [6.07, 6.45) is 0.664. The molecule has 0 saturated heterocycles. The first kappa shape index (κ1) is 23.5. The molecule has 2 unspecified atom stereocenters. The number of hydrogen-bond donors (Lipinski definition) is 3. The molecule has 0 heterocycles. The standard InChI is InChI=1S/C21H33N3O4/c1-5-18(20(26)22-6-2)24-19(25)13-17(12-15(3)4)23-21(27)28-14-16-10-8-7-9-11-16/h7-11,15,17-18H,5-6,12-14H2,1-4H3,(H,22,26)(H,23,27)(H,24,25). The van der Waals surface area contributed by atoms with E-state index in [1.165, 1.54) is 0 Å². The summed E-state index contributed by atoms with van der Waals surface area (Å²) in [5.74, 6) is -0.182. The van der Waals surface area contributed by atoms with Crippen molar-refractivity contribution in [2.24, 2.45) is 5.92 Å². The van der Waals surface area contributed by atoms with Gasteiger partial charge < -0.3 is 20.7 Å². The summed E-state index contributed by atoms with van der Waals surface area (Å²) in [4.78, 5) is 36.5. The van der Waals surface area contributed by atoms with Crippen molar-refractivity contribution >= 4 is 17.9 Å². The maximum atomic E-state index is 12.4. The lowest BCUT2D eigenvalue weighted by Gasteiger charge is -2.22. The second kappa shape index (κ2) is 12.8. The van der Waals surface area contributed by atoms with E-state index in [1.807, 2.05) is 58.0 Å². The summed E-state index contributed by atoms with van der Waals surface area (Å²) in [5.41, 5.74) is 0.892. The molecule has 7 nitrogen and oxygen atoms in total. The summed E-state index contributed by atoms with van der Waals surface area (Å²) in [7, 11) is 0. The van der Waals surface area contributed by atoms with E-state index in [0.29, 0.717) is 19.4 Å². The van der Waals surface area contributed by atoms with E-state index >= 15 is 0 Å². The molecule has 3 N–H and O–H groups in total. The van der Waals surface area contributed by atoms with Crippen LogP contribution in [0.15, 0.2) is 30.3 Å². The molecule has 0 aliphatic carbocycles. The number of carbonyl (C=O) groups excluding carboxylic acids is 3. The van der Waals surface area contributed by atoms with Crippen molar-refractivity contribution in [3.63, 3.8) is 0 Å². The van der Waals surface area contributed by atoms with Crippen molar-refractivity contribution in [2.75, 3.05) is 6.54 Å². The number of ether oxygens (including phenoxy) is 1. The fraction of sp³-hybridized carbons (Fsp3) is 0.571. The Kier molecular flexibility index (Phi) is 10.7. The van der Waals surface area contributed by atoms with Crippen LogP contribution in [-0.4, -0.2) is 36.5 Å². The van der Waals surface area contributed by atoms with Gasteiger partial charge in [-0.05, 0) is 31.2 Å². The van der Waals surface area contributed by atoms with Crippen LogP contribution in [0.3, 0.4) is 0 Å². The highest BCUT2D eigenvalue weighted by Crippen LogP contribution is 2.10. The average Bonchev–Trinajstić information content (AvgIpc) is 2.64. The van der Waals surface area contributed by atoms with Crippen molar-refractivity contribution in [3.05, 3.63) is 35.9 Å². The SMILES string of the molecule is CCNC(=O)C(CC)NC(=O)CC(CC(C)C)NC(=O)OCc1ccccc1. The molecule has 0 fully saturated rings. The molecule has 1 aromatic carbocycles. The number of amides is 3. The Morgan fingerprint density at radius 3 is 2.29 bits per heavy atom. The zero-order chi connectivity index (χ0) is 20.9. The number of hydrogen-bond acceptors (Lipinski definition) is 4. The lowest BCUT2D eigenvalue weighted by Crippen LogP contribution is -2.48. The highest BCUT2D eigenvalue weighted by Gasteiger charge is 2.22. The highest BCUT2D eigenvalue weighted by atomic mass is 16.5. The van der Waals surface area contributed by atoms with Gasteiger partial charge in [0.25, 0.3) is 0 Å². The molecule has 7 heteroatoms. The first-order valence-corrected chi connectivity index (χ1v) is 9.89. The van der Waals surface area contributed by atoms with E-state index < -0.39 is 12.1 Å². The number of benzene rings is 1. The van der Waals surface area contributed by atoms with E-state index in [4.69, 9.17) is 4.74 Å². The number of rotatable bonds is 11. The van der Waals surface area contributed by atoms with Crippen LogP contribution in [0.2, 0.25) is 0 Å². The Hall–Kier alpha value is -2.57. The van der Waals surface area contributed by atoms with Crippen molar-refractivity contribution in [1.82, 2.24) is 16.0 Å². The maximum absolute atomic E-state index is 12.4. The Bertz CT molecular complexity index is 619. The number of carbonyl (C=O) groups is 3. The van der Waals surface area contributed by atoms with Gasteiger partial charge in [0.2, 0.25) is 11.8 Å². The molecule has 0 aliphatic rings. The summed E-state index contributed by atoms with van der Waals surface area (Å²) in [6, 6.07) is 8.46. The monoisotopic (exact) mass is 391 g/mol. The van der Waals surface area contributed by atoms with Crippen LogP contribution in [0.25, 0.3) is 0 Å². The summed E-state index contributed by atoms with van der Waals surface area (Å²) < 4.78 is 5.25. The maximum Gasteiger partial charge on any atom is 0.407 e. The fourth-order valence-electron chi connectivity index (χ4n) is 2.82. The first-order valence-electron chi connectivity index (χ1n) is 9.89. The smallest absolute Gasteiger partial charge is 0.407 e. The summed E-state index contributed by atoms with van der Waals surface area (Å²) in [6.45, 7) is 8.39. The third-order valence-corrected chi connectivity index (χ3v) is 4.13. The number of alkyl carbamates (subject to hydrolysis) is 1. The molecule has 0 aliphatic heterocycles. The Labute approximate surface area is 167 Å². The molecular formula is C21H33N3O4. The first-order chi connectivity index (χ1) is 13.3. The van der Waals surface area contributed by atoms with Gasteiger partial charge in [-0.1, -0.05) is 51.1 Å². The Morgan fingerprint density at radius 2 is 1.71 bits per heavy atom. The van der Waals surface area contributed by atoms with Crippen molar-refractivity contribution in [1.29, 1.82) is 0 Å². The minimum atomic E-state index is -0.572. The van der Waals surface area contributed by atoms with E-state index in [9.17, 15) is 14.4 Å². The molecule has 2 atom stereocenters. The second-order valence-corrected chi connectivity index (χ2v) is 7.16. The summed E-state index contributed by atoms with van der Waals surface area (Å²) >= 11 is 0. The van der Waals surface area contributed by atoms with Crippen molar-refractivity contribution in [2.45, 2.75) is 65.6 Å². The van der Waals surface area contributed by atoms with Gasteiger partial charge in [0.05, 0.1) is 0 Å². The van der Waals surface area contributed by atoms with E-state index in [2.05, 4.69) is 16.0 Å². The zero-order valence-corrected chi connectivity index (χ0v) is 17.3. The quantitative estimate of drug-likeness (QED) is 0.540. The van der Waals surface area contributed by atoms with Crippen LogP contribution in [0, 0.1) is 5.92 Å². The topological polar surface area (TPSA) is 96.5 Å². The molecule has 0 radical (unpaired) electrons. The Balaban J connectivity index is 2.57. The molecule has 156 valence electrons. The zero-order valence-electron chi connectivity index (χ0n) is 17.3. The van der Waals surface area contributed by atoms with Gasteiger partial charge in [0, 0.05) is 19.0 Å². The third kappa shape index (κ3) is 9.39. The van der Waals surface area contributed by atoms with E-state index in [0.717, 1.165) is 5.56 Å². The van der Waals surface area contributed by atoms with Crippen molar-refractivity contribution in [3.8, 4) is 0 Å². The minimum absolute atomic E-state index is 0.0918. The van der Waals surface area contributed by atoms with Crippen LogP contribution in [0.5, 0.6) is 0 Å². The average molecular weight is 392 g/mol. The van der Waals surface area contributed by atoms with Gasteiger partial charge >= 0.3 is 6.09 Å². The lowest BCUT2D eigenvalue weighted by molar-refractivity contribution is -0.129. The Morgan fingerprint density at radius 1 is 1.04 bits per heavy atom. The second-order valence-electron chi connectivity index (χ2n) is 7.16. The van der Waals surface area contributed by atoms with Gasteiger partial charge in [0.1, 0.15) is 12.6 Å². The molecule has 28 heavy (non-hydrogen) atoms. The molecule has 3 amide bonds. The molecule has 1 aromatic rings. The molecule has 0 saturated carbocycles. The third-order valence-electron chi connectivity index (χ3n) is 4.13. The lowest BCUT2D eigenvalue weighted by atomic mass is 10.0. The largest absolute Gasteiger partial charge is 0.445 e. The van der Waals surface area contributed by atoms with Crippen LogP contribution in [0.4, 0.5) is 4.79 Å². The normalized spacial score (nSPS) is 12.8. The highest BCUT2D eigenvalue weighted by molar-refractivity contribution is 5.87. The van der Waals surface area contributed by atoms with Crippen LogP contribution >= 0.6 is 0 Å². The van der Waals surface area contributed by atoms with Gasteiger partial charge in [-0.2, -0.15) is 0 Å². The van der Waals surface area contributed by atoms with Crippen LogP contribution in [-0.2, 0) is 20.9 Å². The predicted molar refractivity (Wildman–Crippen MR) is 109 cm³/mol. The minimum Gasteiger partial charge on any atom is -0.445 e. The fourth-order valence-corrected chi connectivity index (χ4v) is 2.82. The number of nitrogens with one attached hydrogen (secondary N) is 3. The number of likely N-dealkylation sites (N-methyl/N-ethyl adjacent to an activating group) is 1.